The minimum atomic E-state index is -0.560. The zero-order valence-electron chi connectivity index (χ0n) is 11.8. The highest BCUT2D eigenvalue weighted by molar-refractivity contribution is 5.93. The third-order valence-corrected chi connectivity index (χ3v) is 1.57. The molecule has 0 aromatic carbocycles. The molecule has 0 saturated heterocycles. The summed E-state index contributed by atoms with van der Waals surface area (Å²) in [5.41, 5.74) is 42.2. The Bertz CT molecular complexity index is 1000. The van der Waals surface area contributed by atoms with Gasteiger partial charge in [-0.2, -0.15) is 0 Å². The molecule has 0 heterocycles. The molecule has 0 aliphatic rings. The van der Waals surface area contributed by atoms with Crippen LogP contribution in [0.4, 0.5) is 0 Å². The van der Waals surface area contributed by atoms with Crippen LogP contribution in [0.15, 0.2) is 98.6 Å². The summed E-state index contributed by atoms with van der Waals surface area (Å²) >= 11 is 0. The first kappa shape index (κ1) is 18.1. The number of hydrogen-bond donors (Lipinski definition) is 1. The second kappa shape index (κ2) is 13.5. The van der Waals surface area contributed by atoms with E-state index < -0.39 is 6.04 Å². The molecule has 0 aliphatic carbocycles. The Kier molecular flexibility index (Phi) is 11.1. The highest BCUT2D eigenvalue weighted by Crippen LogP contribution is 1.79. The second-order valence-corrected chi connectivity index (χ2v) is 3.28. The molecule has 0 aromatic heterocycles. The maximum Gasteiger partial charge on any atom is 0.180 e. The number of ketones is 1. The van der Waals surface area contributed by atoms with E-state index in [1.807, 2.05) is 0 Å². The van der Waals surface area contributed by atoms with Gasteiger partial charge in [0.2, 0.25) is 0 Å². The smallest absolute Gasteiger partial charge is 0.180 e. The molecular formula is C20H9NO. The number of hydrogen-bond acceptors (Lipinski definition) is 2. The molecule has 0 aromatic rings. The number of nitrogens with two attached hydrogens (primary N) is 1. The lowest BCUT2D eigenvalue weighted by atomic mass is 10.2. The van der Waals surface area contributed by atoms with E-state index in [1.165, 1.54) is 6.08 Å². The molecule has 0 amide bonds. The van der Waals surface area contributed by atoms with Gasteiger partial charge in [0.15, 0.2) is 5.78 Å². The first-order valence-electron chi connectivity index (χ1n) is 5.83. The van der Waals surface area contributed by atoms with Crippen LogP contribution >= 0.6 is 0 Å². The summed E-state index contributed by atoms with van der Waals surface area (Å²) in [5, 5.41) is 0. The van der Waals surface area contributed by atoms with E-state index in [-0.39, 0.29) is 5.78 Å². The fourth-order valence-corrected chi connectivity index (χ4v) is 0.663. The summed E-state index contributed by atoms with van der Waals surface area (Å²) in [6.07, 6.45) is 1.18. The SMILES string of the molecule is C=C=C=C=C=C=C=C=C=C=C=C=C=C=C=C=CC(=O)[C@H](C)N. The van der Waals surface area contributed by atoms with E-state index in [4.69, 9.17) is 5.73 Å². The molecule has 1 atom stereocenters. The Morgan fingerprint density at radius 2 is 1.18 bits per heavy atom. The molecule has 0 aliphatic heterocycles. The molecule has 2 N–H and O–H groups in total. The van der Waals surface area contributed by atoms with Crippen molar-refractivity contribution in [3.63, 3.8) is 0 Å². The third kappa shape index (κ3) is 12.5. The van der Waals surface area contributed by atoms with Gasteiger partial charge in [-0.05, 0) is 88.0 Å². The van der Waals surface area contributed by atoms with Crippen molar-refractivity contribution in [1.82, 2.24) is 0 Å². The minimum Gasteiger partial charge on any atom is -0.321 e. The van der Waals surface area contributed by atoms with Crippen LogP contribution < -0.4 is 5.73 Å². The molecule has 0 fully saturated rings. The Morgan fingerprint density at radius 3 is 1.55 bits per heavy atom. The zero-order chi connectivity index (χ0) is 16.5. The third-order valence-electron chi connectivity index (χ3n) is 1.57. The van der Waals surface area contributed by atoms with Crippen LogP contribution in [0.3, 0.4) is 0 Å². The quantitative estimate of drug-likeness (QED) is 0.623. The summed E-state index contributed by atoms with van der Waals surface area (Å²) in [6, 6.07) is -0.560. The predicted molar refractivity (Wildman–Crippen MR) is 81.5 cm³/mol. The summed E-state index contributed by atoms with van der Waals surface area (Å²) in [4.78, 5) is 11.1. The monoisotopic (exact) mass is 279 g/mol. The predicted octanol–water partition coefficient (Wildman–Crippen LogP) is 2.42. The summed E-state index contributed by atoms with van der Waals surface area (Å²) in [5.74, 6) is -0.249. The van der Waals surface area contributed by atoms with E-state index in [0.717, 1.165) is 0 Å². The van der Waals surface area contributed by atoms with Gasteiger partial charge in [0.25, 0.3) is 0 Å². The summed E-state index contributed by atoms with van der Waals surface area (Å²) in [6.45, 7) is 4.87. The van der Waals surface area contributed by atoms with E-state index in [0.29, 0.717) is 0 Å². The first-order chi connectivity index (χ1) is 10.7. The maximum absolute atomic E-state index is 11.1. The van der Waals surface area contributed by atoms with Gasteiger partial charge in [-0.3, -0.25) is 4.79 Å². The van der Waals surface area contributed by atoms with Gasteiger partial charge in [-0.1, -0.05) is 11.5 Å². The van der Waals surface area contributed by atoms with Crippen LogP contribution in [0.25, 0.3) is 0 Å². The molecule has 2 heteroatoms. The van der Waals surface area contributed by atoms with Gasteiger partial charge >= 0.3 is 0 Å². The van der Waals surface area contributed by atoms with Gasteiger partial charge in [0.05, 0.1) is 6.04 Å². The van der Waals surface area contributed by atoms with Crippen molar-refractivity contribution >= 4 is 5.78 Å². The van der Waals surface area contributed by atoms with E-state index in [9.17, 15) is 4.79 Å². The molecule has 0 saturated carbocycles. The van der Waals surface area contributed by atoms with Gasteiger partial charge in [0.1, 0.15) is 0 Å². The van der Waals surface area contributed by atoms with Crippen LogP contribution in [0.1, 0.15) is 6.92 Å². The van der Waals surface area contributed by atoms with Gasteiger partial charge < -0.3 is 5.73 Å². The van der Waals surface area contributed by atoms with Crippen LogP contribution in [-0.4, -0.2) is 11.8 Å². The fourth-order valence-electron chi connectivity index (χ4n) is 0.663. The van der Waals surface area contributed by atoms with Crippen molar-refractivity contribution in [1.29, 1.82) is 0 Å². The van der Waals surface area contributed by atoms with Crippen molar-refractivity contribution in [2.75, 3.05) is 0 Å². The lowest BCUT2D eigenvalue weighted by Gasteiger charge is -1.93. The highest BCUT2D eigenvalue weighted by Gasteiger charge is 2.00. The van der Waals surface area contributed by atoms with Crippen LogP contribution in [0.2, 0.25) is 0 Å². The first-order valence-corrected chi connectivity index (χ1v) is 5.83. The molecule has 22 heavy (non-hydrogen) atoms. The molecular weight excluding hydrogens is 270 g/mol. The molecule has 0 bridgehead atoms. The lowest BCUT2D eigenvalue weighted by molar-refractivity contribution is -0.115. The molecule has 0 spiro atoms. The Labute approximate surface area is 128 Å². The van der Waals surface area contributed by atoms with Crippen molar-refractivity contribution in [3.05, 3.63) is 98.6 Å². The minimum absolute atomic E-state index is 0.249. The Balaban J connectivity index is 5.54. The van der Waals surface area contributed by atoms with Gasteiger partial charge in [-0.25, -0.2) is 0 Å². The van der Waals surface area contributed by atoms with Crippen molar-refractivity contribution in [2.24, 2.45) is 5.73 Å². The lowest BCUT2D eigenvalue weighted by Crippen LogP contribution is -2.24. The van der Waals surface area contributed by atoms with Crippen LogP contribution in [0.5, 0.6) is 0 Å². The van der Waals surface area contributed by atoms with Crippen molar-refractivity contribution in [3.8, 4) is 0 Å². The normalized spacial score (nSPS) is 6.82. The summed E-state index contributed by atoms with van der Waals surface area (Å²) in [7, 11) is 0. The van der Waals surface area contributed by atoms with E-state index >= 15 is 0 Å². The Hall–Kier alpha value is -3.93. The van der Waals surface area contributed by atoms with Crippen LogP contribution in [0, 0.1) is 0 Å². The standard InChI is InChI=1S/C20H9NO/c1-3-4-5-6-7-8-9-10-11-12-13-14-15-16-17-18-20(22)19(2)21/h18-19H,1,21H2,2H3/t19-/m0/s1. The van der Waals surface area contributed by atoms with Gasteiger partial charge in [-0.15, -0.1) is 0 Å². The molecule has 0 radical (unpaired) electrons. The number of rotatable bonds is 2. The second-order valence-electron chi connectivity index (χ2n) is 3.28. The van der Waals surface area contributed by atoms with E-state index in [1.54, 1.807) is 6.92 Å². The molecule has 0 unspecified atom stereocenters. The average Bonchev–Trinajstić information content (AvgIpc) is 2.50. The topological polar surface area (TPSA) is 43.1 Å². The van der Waals surface area contributed by atoms with E-state index in [2.05, 4.69) is 92.5 Å². The maximum atomic E-state index is 11.1. The zero-order valence-corrected chi connectivity index (χ0v) is 11.8. The number of carbonyl (C=O) groups excluding carboxylic acids is 1. The van der Waals surface area contributed by atoms with Crippen molar-refractivity contribution in [2.45, 2.75) is 13.0 Å². The fraction of sp³-hybridized carbons (Fsp3) is 0.100. The van der Waals surface area contributed by atoms with Crippen molar-refractivity contribution < 1.29 is 4.79 Å². The summed E-state index contributed by atoms with van der Waals surface area (Å²) < 4.78 is 0. The molecule has 2 nitrogen and oxygen atoms in total. The average molecular weight is 279 g/mol. The number of carbonyl (C=O) groups is 1. The van der Waals surface area contributed by atoms with Crippen LogP contribution in [-0.2, 0) is 4.79 Å². The molecule has 0 rings (SSSR count). The highest BCUT2D eigenvalue weighted by atomic mass is 16.1. The van der Waals surface area contributed by atoms with Gasteiger partial charge in [0, 0.05) is 6.08 Å². The Morgan fingerprint density at radius 1 is 0.818 bits per heavy atom. The molecule has 100 valence electrons. The largest absolute Gasteiger partial charge is 0.321 e.